The van der Waals surface area contributed by atoms with Crippen LogP contribution in [0.25, 0.3) is 0 Å². The maximum Gasteiger partial charge on any atom is 0.312 e. The molecule has 0 radical (unpaired) electrons. The average Bonchev–Trinajstić information content (AvgIpc) is 2.93. The van der Waals surface area contributed by atoms with Crippen molar-refractivity contribution in [3.8, 4) is 0 Å². The first-order chi connectivity index (χ1) is 23.9. The number of rotatable bonds is 32. The Bertz CT molecular complexity index is 933. The van der Waals surface area contributed by atoms with E-state index in [4.69, 9.17) is 30.0 Å². The molecule has 0 heterocycles. The van der Waals surface area contributed by atoms with Gasteiger partial charge in [-0.2, -0.15) is 0 Å². The Morgan fingerprint density at radius 1 is 0.415 bits per heavy atom. The van der Waals surface area contributed by atoms with Crippen LogP contribution >= 0.6 is 0 Å². The van der Waals surface area contributed by atoms with E-state index >= 15 is 0 Å². The second-order valence-electron chi connectivity index (χ2n) is 20.4. The van der Waals surface area contributed by atoms with E-state index in [9.17, 15) is 10.2 Å². The number of unbranched alkanes of at least 4 members (excludes halogenated alkanes) is 2. The van der Waals surface area contributed by atoms with Gasteiger partial charge in [0.15, 0.2) is 33.3 Å². The van der Waals surface area contributed by atoms with Crippen LogP contribution in [0.15, 0.2) is 0 Å². The topological polar surface area (TPSA) is 105 Å². The Kier molecular flexibility index (Phi) is 23.8. The molecule has 0 aliphatic heterocycles. The van der Waals surface area contributed by atoms with E-state index in [-0.39, 0.29) is 26.4 Å². The minimum absolute atomic E-state index is 0.192. The van der Waals surface area contributed by atoms with Gasteiger partial charge in [-0.3, -0.25) is 0 Å². The summed E-state index contributed by atoms with van der Waals surface area (Å²) in [7, 11) is -15.8. The molecule has 320 valence electrons. The summed E-state index contributed by atoms with van der Waals surface area (Å²) in [5.41, 5.74) is 0.461. The highest BCUT2D eigenvalue weighted by Gasteiger charge is 2.44. The van der Waals surface area contributed by atoms with E-state index in [1.807, 2.05) is 0 Å². The molecule has 0 unspecified atom stereocenters. The molecular weight excluding hydrogens is 801 g/mol. The van der Waals surface area contributed by atoms with E-state index in [2.05, 4.69) is 119 Å². The van der Waals surface area contributed by atoms with E-state index in [1.54, 1.807) is 0 Å². The van der Waals surface area contributed by atoms with Crippen molar-refractivity contribution in [2.24, 2.45) is 5.41 Å². The van der Waals surface area contributed by atoms with Crippen molar-refractivity contribution >= 4 is 67.0 Å². The van der Waals surface area contributed by atoms with Gasteiger partial charge >= 0.3 is 25.7 Å². The fraction of sp³-hybridized carbons (Fsp3) is 1.00. The molecule has 0 saturated heterocycles. The maximum atomic E-state index is 10.3. The maximum absolute atomic E-state index is 10.3. The van der Waals surface area contributed by atoms with E-state index < -0.39 is 72.4 Å². The lowest BCUT2D eigenvalue weighted by molar-refractivity contribution is -0.0767. The first-order valence-electron chi connectivity index (χ1n) is 20.8. The monoisotopic (exact) mass is 890 g/mol. The number of aliphatic hydroxyl groups is 2. The zero-order valence-corrected chi connectivity index (χ0v) is 46.3. The molecule has 2 N–H and O–H groups in total. The SMILES string of the molecule is CCCC[Si](C)(C)C[Si](C)(C)O[Si](C)(C)O[Si](C)(C)CCCOCC(CO)(CO)COCCC[Si](C)(C)O[Si](C)(C)O[Si](C)(C)O[Si](C)(C)CCCC. The lowest BCUT2D eigenvalue weighted by Gasteiger charge is -2.41. The molecule has 0 aromatic carbocycles. The highest BCUT2D eigenvalue weighted by atomic mass is 28.5. The molecule has 0 aromatic heterocycles. The summed E-state index contributed by atoms with van der Waals surface area (Å²) in [5, 5.41) is 20.5. The largest absolute Gasteiger partial charge is 0.437 e. The van der Waals surface area contributed by atoms with E-state index in [1.165, 1.54) is 37.4 Å². The van der Waals surface area contributed by atoms with Crippen molar-refractivity contribution in [1.29, 1.82) is 0 Å². The van der Waals surface area contributed by atoms with Gasteiger partial charge in [0.2, 0.25) is 0 Å². The van der Waals surface area contributed by atoms with Crippen LogP contribution in [-0.2, 0) is 30.0 Å². The zero-order chi connectivity index (χ0) is 41.5. The minimum atomic E-state index is -2.39. The molecular formula is C36H90O9Si8. The Morgan fingerprint density at radius 3 is 1.09 bits per heavy atom. The molecule has 0 aromatic rings. The van der Waals surface area contributed by atoms with Crippen LogP contribution in [0.4, 0.5) is 0 Å². The summed E-state index contributed by atoms with van der Waals surface area (Å²) in [6, 6.07) is 4.47. The van der Waals surface area contributed by atoms with Crippen LogP contribution in [0.5, 0.6) is 0 Å². The third-order valence-electron chi connectivity index (χ3n) is 9.45. The van der Waals surface area contributed by atoms with Crippen molar-refractivity contribution in [3.63, 3.8) is 0 Å². The summed E-state index contributed by atoms with van der Waals surface area (Å²) in [4.78, 5) is 0. The van der Waals surface area contributed by atoms with Gasteiger partial charge in [0.1, 0.15) is 0 Å². The first-order valence-corrected chi connectivity index (χ1v) is 45.1. The molecule has 0 atom stereocenters. The van der Waals surface area contributed by atoms with Gasteiger partial charge < -0.3 is 40.3 Å². The van der Waals surface area contributed by atoms with Crippen molar-refractivity contribution in [1.82, 2.24) is 0 Å². The second kappa shape index (κ2) is 23.2. The van der Waals surface area contributed by atoms with Crippen molar-refractivity contribution in [2.45, 2.75) is 187 Å². The lowest BCUT2D eigenvalue weighted by Crippen LogP contribution is -2.56. The molecule has 0 fully saturated rings. The van der Waals surface area contributed by atoms with Gasteiger partial charge in [0.25, 0.3) is 0 Å². The predicted molar refractivity (Wildman–Crippen MR) is 247 cm³/mol. The number of aliphatic hydroxyl groups excluding tert-OH is 2. The fourth-order valence-corrected chi connectivity index (χ4v) is 52.3. The van der Waals surface area contributed by atoms with Gasteiger partial charge in [0, 0.05) is 21.3 Å². The molecule has 0 spiro atoms. The summed E-state index contributed by atoms with van der Waals surface area (Å²) in [5.74, 6) is 0. The fourth-order valence-electron chi connectivity index (χ4n) is 8.06. The van der Waals surface area contributed by atoms with Gasteiger partial charge in [-0.15, -0.1) is 0 Å². The third kappa shape index (κ3) is 26.2. The predicted octanol–water partition coefficient (Wildman–Crippen LogP) is 10.6. The van der Waals surface area contributed by atoms with E-state index in [0.29, 0.717) is 13.2 Å². The summed E-state index contributed by atoms with van der Waals surface area (Å²) >= 11 is 0. The molecule has 0 saturated carbocycles. The number of hydrogen-bond donors (Lipinski definition) is 2. The number of ether oxygens (including phenoxy) is 2. The molecule has 9 nitrogen and oxygen atoms in total. The standard InChI is InChI=1S/C36H90O9Si8/c1-19-21-27-46(3,4)35-50(11,12)44-51(13,14)41-48(7,8)29-23-25-39-33-36(31-37,32-38)34-40-26-24-30-49(9,10)43-53(17,18)45-52(15,16)42-47(5,6)28-22-20-2/h37-38H,19-35H2,1-18H3. The lowest BCUT2D eigenvalue weighted by atomic mass is 9.92. The highest BCUT2D eigenvalue weighted by Crippen LogP contribution is 2.31. The molecule has 0 rings (SSSR count). The van der Waals surface area contributed by atoms with Crippen LogP contribution in [-0.4, -0.2) is 117 Å². The van der Waals surface area contributed by atoms with Gasteiger partial charge in [-0.25, -0.2) is 0 Å². The van der Waals surface area contributed by atoms with Crippen LogP contribution in [0.3, 0.4) is 0 Å². The number of hydrogen-bond acceptors (Lipinski definition) is 9. The zero-order valence-electron chi connectivity index (χ0n) is 38.3. The first kappa shape index (κ1) is 54.4. The molecule has 0 aliphatic rings. The van der Waals surface area contributed by atoms with Crippen molar-refractivity contribution < 1.29 is 40.3 Å². The summed E-state index contributed by atoms with van der Waals surface area (Å²) in [6.07, 6.45) is 6.73. The molecule has 0 bridgehead atoms. The molecule has 53 heavy (non-hydrogen) atoms. The van der Waals surface area contributed by atoms with Gasteiger partial charge in [-0.05, 0) is 128 Å². The molecule has 17 heteroatoms. The van der Waals surface area contributed by atoms with Crippen molar-refractivity contribution in [2.75, 3.05) is 39.6 Å². The minimum Gasteiger partial charge on any atom is -0.437 e. The highest BCUT2D eigenvalue weighted by molar-refractivity contribution is 6.96. The third-order valence-corrected chi connectivity index (χ3v) is 43.7. The summed E-state index contributed by atoms with van der Waals surface area (Å²) < 4.78 is 46.1. The quantitative estimate of drug-likeness (QED) is 0.0505. The summed E-state index contributed by atoms with van der Waals surface area (Å²) in [6.45, 7) is 42.4. The van der Waals surface area contributed by atoms with Crippen LogP contribution < -0.4 is 0 Å². The Morgan fingerprint density at radius 2 is 0.736 bits per heavy atom. The Labute approximate surface area is 337 Å². The average molecular weight is 892 g/mol. The Hall–Kier alpha value is 1.38. The van der Waals surface area contributed by atoms with Gasteiger partial charge in [0.05, 0.1) is 31.8 Å². The van der Waals surface area contributed by atoms with Crippen LogP contribution in [0.2, 0.25) is 135 Å². The van der Waals surface area contributed by atoms with Gasteiger partial charge in [-0.1, -0.05) is 58.7 Å². The smallest absolute Gasteiger partial charge is 0.312 e. The van der Waals surface area contributed by atoms with Crippen LogP contribution in [0, 0.1) is 5.41 Å². The van der Waals surface area contributed by atoms with E-state index in [0.717, 1.165) is 31.0 Å². The second-order valence-corrected chi connectivity index (χ2v) is 54.7. The van der Waals surface area contributed by atoms with Crippen LogP contribution in [0.1, 0.15) is 52.4 Å². The van der Waals surface area contributed by atoms with Crippen molar-refractivity contribution in [3.05, 3.63) is 0 Å². The molecule has 0 aliphatic carbocycles. The normalized spacial score (nSPS) is 14.7. The Balaban J connectivity index is 4.81. The molecule has 0 amide bonds.